The number of thiocarbonyl (C=S) groups is 1. The molecule has 0 aliphatic rings. The first-order valence-electron chi connectivity index (χ1n) is 7.37. The van der Waals surface area contributed by atoms with Gasteiger partial charge in [-0.2, -0.15) is 0 Å². The van der Waals surface area contributed by atoms with E-state index in [-0.39, 0.29) is 0 Å². The van der Waals surface area contributed by atoms with E-state index in [0.29, 0.717) is 12.4 Å². The van der Waals surface area contributed by atoms with Crippen molar-refractivity contribution in [3.8, 4) is 11.5 Å². The van der Waals surface area contributed by atoms with Crippen LogP contribution in [0.1, 0.15) is 18.1 Å². The maximum atomic E-state index is 5.51. The summed E-state index contributed by atoms with van der Waals surface area (Å²) in [6.45, 7) is 3.36. The third-order valence-electron chi connectivity index (χ3n) is 3.27. The summed E-state index contributed by atoms with van der Waals surface area (Å²) in [5.41, 5.74) is 2.23. The monoisotopic (exact) mass is 315 g/mol. The highest BCUT2D eigenvalue weighted by atomic mass is 32.1. The van der Waals surface area contributed by atoms with Crippen molar-refractivity contribution < 1.29 is 9.47 Å². The Hall–Kier alpha value is -2.07. The van der Waals surface area contributed by atoms with Gasteiger partial charge in [0.1, 0.15) is 4.99 Å². The van der Waals surface area contributed by atoms with Crippen LogP contribution in [0.5, 0.6) is 11.5 Å². The largest absolute Gasteiger partial charge is 0.493 e. The number of hydrogen-bond acceptors (Lipinski definition) is 3. The molecule has 1 N–H and O–H groups in total. The van der Waals surface area contributed by atoms with Crippen molar-refractivity contribution in [1.29, 1.82) is 0 Å². The Bertz CT molecular complexity index is 614. The van der Waals surface area contributed by atoms with Gasteiger partial charge < -0.3 is 14.8 Å². The van der Waals surface area contributed by atoms with Crippen molar-refractivity contribution in [2.24, 2.45) is 0 Å². The van der Waals surface area contributed by atoms with Gasteiger partial charge in [-0.1, -0.05) is 42.5 Å². The van der Waals surface area contributed by atoms with Crippen LogP contribution in [-0.2, 0) is 6.42 Å². The van der Waals surface area contributed by atoms with Gasteiger partial charge in [0.15, 0.2) is 11.5 Å². The average Bonchev–Trinajstić information content (AvgIpc) is 2.56. The molecule has 0 atom stereocenters. The maximum Gasteiger partial charge on any atom is 0.161 e. The fraction of sp³-hybridized carbons (Fsp3) is 0.278. The van der Waals surface area contributed by atoms with Gasteiger partial charge >= 0.3 is 0 Å². The van der Waals surface area contributed by atoms with Gasteiger partial charge in [-0.3, -0.25) is 0 Å². The van der Waals surface area contributed by atoms with E-state index in [4.69, 9.17) is 21.7 Å². The molecule has 2 aromatic rings. The SMILES string of the molecule is CCOc1ccc(C(=S)NCCc2ccccc2)cc1OC. The topological polar surface area (TPSA) is 30.5 Å². The van der Waals surface area contributed by atoms with Crippen molar-refractivity contribution in [1.82, 2.24) is 5.32 Å². The minimum atomic E-state index is 0.607. The highest BCUT2D eigenvalue weighted by molar-refractivity contribution is 7.80. The zero-order valence-electron chi connectivity index (χ0n) is 13.0. The van der Waals surface area contributed by atoms with Gasteiger partial charge in [0.25, 0.3) is 0 Å². The van der Waals surface area contributed by atoms with Crippen LogP contribution < -0.4 is 14.8 Å². The number of nitrogens with one attached hydrogen (secondary N) is 1. The molecule has 0 aromatic heterocycles. The van der Waals surface area contributed by atoms with Gasteiger partial charge in [-0.25, -0.2) is 0 Å². The van der Waals surface area contributed by atoms with Crippen molar-refractivity contribution >= 4 is 17.2 Å². The van der Waals surface area contributed by atoms with Crippen LogP contribution in [0.15, 0.2) is 48.5 Å². The normalized spacial score (nSPS) is 10.1. The molecular weight excluding hydrogens is 294 g/mol. The van der Waals surface area contributed by atoms with Gasteiger partial charge in [0.2, 0.25) is 0 Å². The van der Waals surface area contributed by atoms with E-state index in [1.165, 1.54) is 5.56 Å². The molecule has 4 heteroatoms. The van der Waals surface area contributed by atoms with Crippen molar-refractivity contribution in [3.63, 3.8) is 0 Å². The molecule has 0 unspecified atom stereocenters. The predicted molar refractivity (Wildman–Crippen MR) is 94.0 cm³/mol. The van der Waals surface area contributed by atoms with E-state index in [2.05, 4.69) is 17.4 Å². The molecule has 0 fully saturated rings. The highest BCUT2D eigenvalue weighted by Crippen LogP contribution is 2.28. The smallest absolute Gasteiger partial charge is 0.161 e. The molecule has 0 saturated heterocycles. The standard InChI is InChI=1S/C18H21NO2S/c1-3-21-16-10-9-15(13-17(16)20-2)18(22)19-12-11-14-7-5-4-6-8-14/h4-10,13H,3,11-12H2,1-2H3,(H,19,22). The van der Waals surface area contributed by atoms with E-state index in [1.807, 2.05) is 43.3 Å². The van der Waals surface area contributed by atoms with Crippen molar-refractivity contribution in [2.45, 2.75) is 13.3 Å². The van der Waals surface area contributed by atoms with E-state index in [0.717, 1.165) is 29.3 Å². The van der Waals surface area contributed by atoms with Crippen LogP contribution in [-0.4, -0.2) is 25.2 Å². The van der Waals surface area contributed by atoms with E-state index < -0.39 is 0 Å². The molecule has 0 amide bonds. The molecule has 0 radical (unpaired) electrons. The van der Waals surface area contributed by atoms with Crippen molar-refractivity contribution in [2.75, 3.05) is 20.3 Å². The average molecular weight is 315 g/mol. The molecule has 0 heterocycles. The lowest BCUT2D eigenvalue weighted by atomic mass is 10.1. The Morgan fingerprint density at radius 2 is 1.86 bits per heavy atom. The lowest BCUT2D eigenvalue weighted by molar-refractivity contribution is 0.311. The molecular formula is C18H21NO2S. The van der Waals surface area contributed by atoms with Crippen LogP contribution in [0.3, 0.4) is 0 Å². The third kappa shape index (κ3) is 4.46. The quantitative estimate of drug-likeness (QED) is 0.791. The number of rotatable bonds is 7. The Balaban J connectivity index is 1.94. The summed E-state index contributed by atoms with van der Waals surface area (Å²) >= 11 is 5.44. The second-order valence-electron chi connectivity index (χ2n) is 4.79. The van der Waals surface area contributed by atoms with Crippen LogP contribution in [0.25, 0.3) is 0 Å². The molecule has 116 valence electrons. The lowest BCUT2D eigenvalue weighted by Crippen LogP contribution is -2.24. The van der Waals surface area contributed by atoms with Gasteiger partial charge in [-0.05, 0) is 37.1 Å². The van der Waals surface area contributed by atoms with E-state index in [1.54, 1.807) is 7.11 Å². The Morgan fingerprint density at radius 1 is 1.09 bits per heavy atom. The minimum absolute atomic E-state index is 0.607. The third-order valence-corrected chi connectivity index (χ3v) is 3.65. The Kier molecular flexibility index (Phi) is 6.22. The van der Waals surface area contributed by atoms with Crippen molar-refractivity contribution in [3.05, 3.63) is 59.7 Å². The lowest BCUT2D eigenvalue weighted by Gasteiger charge is -2.12. The van der Waals surface area contributed by atoms with Gasteiger partial charge in [0.05, 0.1) is 13.7 Å². The molecule has 22 heavy (non-hydrogen) atoms. The van der Waals surface area contributed by atoms with Gasteiger partial charge in [0, 0.05) is 12.1 Å². The minimum Gasteiger partial charge on any atom is -0.493 e. The summed E-state index contributed by atoms with van der Waals surface area (Å²) in [6, 6.07) is 16.1. The first-order chi connectivity index (χ1) is 10.7. The highest BCUT2D eigenvalue weighted by Gasteiger charge is 2.08. The first kappa shape index (κ1) is 16.3. The predicted octanol–water partition coefficient (Wildman–Crippen LogP) is 3.60. The molecule has 2 rings (SSSR count). The molecule has 3 nitrogen and oxygen atoms in total. The number of ether oxygens (including phenoxy) is 2. The summed E-state index contributed by atoms with van der Waals surface area (Å²) in [5.74, 6) is 1.44. The molecule has 0 saturated carbocycles. The van der Waals surface area contributed by atoms with Crippen LogP contribution in [0.2, 0.25) is 0 Å². The molecule has 0 aliphatic heterocycles. The summed E-state index contributed by atoms with van der Waals surface area (Å²) in [5, 5.41) is 3.29. The fourth-order valence-corrected chi connectivity index (χ4v) is 2.38. The summed E-state index contributed by atoms with van der Waals surface area (Å²) in [6.07, 6.45) is 0.940. The zero-order chi connectivity index (χ0) is 15.8. The van der Waals surface area contributed by atoms with Gasteiger partial charge in [-0.15, -0.1) is 0 Å². The molecule has 0 spiro atoms. The molecule has 2 aromatic carbocycles. The van der Waals surface area contributed by atoms with Crippen LogP contribution >= 0.6 is 12.2 Å². The van der Waals surface area contributed by atoms with Crippen LogP contribution in [0.4, 0.5) is 0 Å². The molecule has 0 bridgehead atoms. The number of hydrogen-bond donors (Lipinski definition) is 1. The van der Waals surface area contributed by atoms with E-state index >= 15 is 0 Å². The molecule has 0 aliphatic carbocycles. The first-order valence-corrected chi connectivity index (χ1v) is 7.78. The van der Waals surface area contributed by atoms with Crippen LogP contribution in [0, 0.1) is 0 Å². The summed E-state index contributed by atoms with van der Waals surface area (Å²) < 4.78 is 10.9. The number of methoxy groups -OCH3 is 1. The Labute approximate surface area is 137 Å². The van der Waals surface area contributed by atoms with E-state index in [9.17, 15) is 0 Å². The summed E-state index contributed by atoms with van der Waals surface area (Å²) in [4.78, 5) is 0.720. The second kappa shape index (κ2) is 8.39. The zero-order valence-corrected chi connectivity index (χ0v) is 13.8. The fourth-order valence-electron chi connectivity index (χ4n) is 2.15. The second-order valence-corrected chi connectivity index (χ2v) is 5.20. The maximum absolute atomic E-state index is 5.51. The summed E-state index contributed by atoms with van der Waals surface area (Å²) in [7, 11) is 1.63. The number of benzene rings is 2. The Morgan fingerprint density at radius 3 is 2.55 bits per heavy atom.